The Morgan fingerprint density at radius 1 is 1.18 bits per heavy atom. The summed E-state index contributed by atoms with van der Waals surface area (Å²) in [4.78, 5) is 9.47. The molecule has 0 atom stereocenters. The lowest BCUT2D eigenvalue weighted by atomic mass is 10.2. The van der Waals surface area contributed by atoms with Gasteiger partial charge >= 0.3 is 0 Å². The molecule has 0 unspecified atom stereocenters. The quantitative estimate of drug-likeness (QED) is 0.867. The van der Waals surface area contributed by atoms with Crippen molar-refractivity contribution in [1.82, 2.24) is 19.9 Å². The highest BCUT2D eigenvalue weighted by molar-refractivity contribution is 6.30. The molecule has 5 nitrogen and oxygen atoms in total. The second-order valence-corrected chi connectivity index (χ2v) is 6.50. The molecule has 2 heterocycles. The molecule has 2 fully saturated rings. The van der Waals surface area contributed by atoms with Crippen LogP contribution in [-0.4, -0.2) is 52.2 Å². The van der Waals surface area contributed by atoms with Crippen LogP contribution in [0.25, 0.3) is 11.4 Å². The first kappa shape index (κ1) is 14.2. The van der Waals surface area contributed by atoms with Gasteiger partial charge < -0.3 is 4.52 Å². The van der Waals surface area contributed by atoms with Crippen molar-refractivity contribution in [3.8, 4) is 11.4 Å². The second-order valence-electron chi connectivity index (χ2n) is 6.07. The molecule has 1 aromatic carbocycles. The number of benzene rings is 1. The maximum Gasteiger partial charge on any atom is 0.241 e. The summed E-state index contributed by atoms with van der Waals surface area (Å²) >= 11 is 6.00. The van der Waals surface area contributed by atoms with E-state index in [1.807, 2.05) is 24.3 Å². The number of rotatable bonds is 4. The molecule has 6 heteroatoms. The van der Waals surface area contributed by atoms with Gasteiger partial charge in [-0.25, -0.2) is 0 Å². The first-order chi connectivity index (χ1) is 10.8. The van der Waals surface area contributed by atoms with Crippen molar-refractivity contribution in [3.05, 3.63) is 35.2 Å². The Hall–Kier alpha value is -1.43. The minimum Gasteiger partial charge on any atom is -0.338 e. The van der Waals surface area contributed by atoms with Crippen molar-refractivity contribution in [2.24, 2.45) is 0 Å². The first-order valence-corrected chi connectivity index (χ1v) is 8.21. The number of hydrogen-bond donors (Lipinski definition) is 0. The zero-order chi connectivity index (χ0) is 14.9. The summed E-state index contributed by atoms with van der Waals surface area (Å²) in [6.07, 6.45) is 2.76. The predicted molar refractivity (Wildman–Crippen MR) is 84.6 cm³/mol. The number of aromatic nitrogens is 2. The SMILES string of the molecule is Clc1cccc(-c2noc(CN3CCN(C4CC4)CC3)n2)c1. The van der Waals surface area contributed by atoms with Crippen LogP contribution in [0.15, 0.2) is 28.8 Å². The molecule has 116 valence electrons. The third-order valence-corrected chi connectivity index (χ3v) is 4.62. The Morgan fingerprint density at radius 3 is 2.73 bits per heavy atom. The van der Waals surface area contributed by atoms with Gasteiger partial charge in [-0.1, -0.05) is 28.9 Å². The van der Waals surface area contributed by atoms with Crippen LogP contribution in [0.4, 0.5) is 0 Å². The fourth-order valence-electron chi connectivity index (χ4n) is 2.98. The van der Waals surface area contributed by atoms with E-state index >= 15 is 0 Å². The van der Waals surface area contributed by atoms with Crippen LogP contribution in [0.1, 0.15) is 18.7 Å². The van der Waals surface area contributed by atoms with Crippen molar-refractivity contribution in [1.29, 1.82) is 0 Å². The molecule has 0 radical (unpaired) electrons. The van der Waals surface area contributed by atoms with Crippen LogP contribution < -0.4 is 0 Å². The molecule has 2 aliphatic rings. The van der Waals surface area contributed by atoms with E-state index in [1.165, 1.54) is 12.8 Å². The molecule has 1 aliphatic heterocycles. The van der Waals surface area contributed by atoms with Gasteiger partial charge in [-0.05, 0) is 25.0 Å². The smallest absolute Gasteiger partial charge is 0.241 e. The summed E-state index contributed by atoms with van der Waals surface area (Å²) < 4.78 is 5.39. The van der Waals surface area contributed by atoms with Gasteiger partial charge in [0.2, 0.25) is 11.7 Å². The highest BCUT2D eigenvalue weighted by Gasteiger charge is 2.31. The zero-order valence-corrected chi connectivity index (χ0v) is 13.2. The maximum atomic E-state index is 6.00. The number of hydrogen-bond acceptors (Lipinski definition) is 5. The topological polar surface area (TPSA) is 45.4 Å². The summed E-state index contributed by atoms with van der Waals surface area (Å²) in [7, 11) is 0. The van der Waals surface area contributed by atoms with Crippen molar-refractivity contribution in [2.45, 2.75) is 25.4 Å². The standard InChI is InChI=1S/C16H19ClN4O/c17-13-3-1-2-12(10-13)16-18-15(22-19-16)11-20-6-8-21(9-7-20)14-4-5-14/h1-3,10,14H,4-9,11H2. The van der Waals surface area contributed by atoms with Crippen LogP contribution in [0.3, 0.4) is 0 Å². The van der Waals surface area contributed by atoms with Crippen molar-refractivity contribution >= 4 is 11.6 Å². The average molecular weight is 319 g/mol. The van der Waals surface area contributed by atoms with Crippen molar-refractivity contribution in [3.63, 3.8) is 0 Å². The molecule has 1 aromatic heterocycles. The summed E-state index contributed by atoms with van der Waals surface area (Å²) in [6.45, 7) is 5.18. The third-order valence-electron chi connectivity index (χ3n) is 4.38. The Balaban J connectivity index is 1.38. The van der Waals surface area contributed by atoms with Crippen LogP contribution in [0.2, 0.25) is 5.02 Å². The molecule has 4 rings (SSSR count). The second kappa shape index (κ2) is 5.99. The van der Waals surface area contributed by atoms with Crippen LogP contribution >= 0.6 is 11.6 Å². The van der Waals surface area contributed by atoms with Gasteiger partial charge in [-0.2, -0.15) is 4.98 Å². The molecule has 2 aromatic rings. The molecule has 1 saturated carbocycles. The van der Waals surface area contributed by atoms with Crippen LogP contribution in [0.5, 0.6) is 0 Å². The zero-order valence-electron chi connectivity index (χ0n) is 12.4. The minimum absolute atomic E-state index is 0.606. The predicted octanol–water partition coefficient (Wildman–Crippen LogP) is 2.67. The van der Waals surface area contributed by atoms with Crippen molar-refractivity contribution < 1.29 is 4.52 Å². The van der Waals surface area contributed by atoms with E-state index in [0.29, 0.717) is 16.7 Å². The minimum atomic E-state index is 0.606. The molecular weight excluding hydrogens is 300 g/mol. The van der Waals surface area contributed by atoms with Gasteiger partial charge in [0.25, 0.3) is 0 Å². The maximum absolute atomic E-state index is 6.00. The first-order valence-electron chi connectivity index (χ1n) is 7.83. The highest BCUT2D eigenvalue weighted by atomic mass is 35.5. The van der Waals surface area contributed by atoms with Crippen LogP contribution in [-0.2, 0) is 6.54 Å². The fourth-order valence-corrected chi connectivity index (χ4v) is 3.17. The van der Waals surface area contributed by atoms with Gasteiger partial charge in [0.1, 0.15) is 0 Å². The molecule has 22 heavy (non-hydrogen) atoms. The number of halogens is 1. The van der Waals surface area contributed by atoms with E-state index in [-0.39, 0.29) is 0 Å². The monoisotopic (exact) mass is 318 g/mol. The molecular formula is C16H19ClN4O. The van der Waals surface area contributed by atoms with E-state index in [9.17, 15) is 0 Å². The number of nitrogens with zero attached hydrogens (tertiary/aromatic N) is 4. The Bertz CT molecular complexity index is 647. The molecule has 0 bridgehead atoms. The van der Waals surface area contributed by atoms with E-state index in [2.05, 4.69) is 19.9 Å². The Kier molecular flexibility index (Phi) is 3.86. The highest BCUT2D eigenvalue weighted by Crippen LogP contribution is 2.27. The van der Waals surface area contributed by atoms with Gasteiger partial charge in [-0.3, -0.25) is 9.80 Å². The summed E-state index contributed by atoms with van der Waals surface area (Å²) in [6, 6.07) is 8.38. The fraction of sp³-hybridized carbons (Fsp3) is 0.500. The molecule has 0 spiro atoms. The third kappa shape index (κ3) is 3.16. The largest absolute Gasteiger partial charge is 0.338 e. The van der Waals surface area contributed by atoms with E-state index in [0.717, 1.165) is 44.3 Å². The van der Waals surface area contributed by atoms with Gasteiger partial charge in [0.15, 0.2) is 0 Å². The lowest BCUT2D eigenvalue weighted by Crippen LogP contribution is -2.46. The van der Waals surface area contributed by atoms with E-state index in [1.54, 1.807) is 0 Å². The van der Waals surface area contributed by atoms with Gasteiger partial charge in [-0.15, -0.1) is 0 Å². The normalized spacial score (nSPS) is 20.4. The van der Waals surface area contributed by atoms with E-state index in [4.69, 9.17) is 16.1 Å². The summed E-state index contributed by atoms with van der Waals surface area (Å²) in [5.41, 5.74) is 0.890. The summed E-state index contributed by atoms with van der Waals surface area (Å²) in [5.74, 6) is 1.28. The molecule has 1 aliphatic carbocycles. The van der Waals surface area contributed by atoms with Crippen LogP contribution in [0, 0.1) is 0 Å². The lowest BCUT2D eigenvalue weighted by molar-refractivity contribution is 0.112. The number of piperazine rings is 1. The molecule has 0 amide bonds. The molecule has 0 N–H and O–H groups in total. The Labute approximate surface area is 134 Å². The van der Waals surface area contributed by atoms with Gasteiger partial charge in [0, 0.05) is 42.8 Å². The lowest BCUT2D eigenvalue weighted by Gasteiger charge is -2.33. The Morgan fingerprint density at radius 2 is 2.00 bits per heavy atom. The average Bonchev–Trinajstić information content (AvgIpc) is 3.28. The molecule has 1 saturated heterocycles. The van der Waals surface area contributed by atoms with Gasteiger partial charge in [0.05, 0.1) is 6.54 Å². The summed E-state index contributed by atoms with van der Waals surface area (Å²) in [5, 5.41) is 4.74. The van der Waals surface area contributed by atoms with Crippen molar-refractivity contribution in [2.75, 3.05) is 26.2 Å². The van der Waals surface area contributed by atoms with E-state index < -0.39 is 0 Å².